The highest BCUT2D eigenvalue weighted by Crippen LogP contribution is 2.21. The number of cyclic esters (lactones) is 1. The molecule has 0 aromatic heterocycles. The van der Waals surface area contributed by atoms with Gasteiger partial charge in [-0.2, -0.15) is 0 Å². The minimum Gasteiger partial charge on any atom is -0.456 e. The Bertz CT molecular complexity index is 293. The molecule has 0 radical (unpaired) electrons. The van der Waals surface area contributed by atoms with E-state index in [4.69, 9.17) is 4.74 Å². The lowest BCUT2D eigenvalue weighted by Gasteiger charge is -2.15. The van der Waals surface area contributed by atoms with E-state index < -0.39 is 0 Å². The molecule has 0 unspecified atom stereocenters. The van der Waals surface area contributed by atoms with Crippen LogP contribution in [0, 0.1) is 0 Å². The van der Waals surface area contributed by atoms with Gasteiger partial charge in [0.2, 0.25) is 6.79 Å². The summed E-state index contributed by atoms with van der Waals surface area (Å²) < 4.78 is 9.69. The highest BCUT2D eigenvalue weighted by Gasteiger charge is 2.17. The fraction of sp³-hybridized carbons (Fsp3) is 0.125. The summed E-state index contributed by atoms with van der Waals surface area (Å²) in [5.74, 6) is 0.288. The maximum absolute atomic E-state index is 11.0. The Morgan fingerprint density at radius 1 is 1.18 bits per heavy atom. The average molecular weight is 150 g/mol. The van der Waals surface area contributed by atoms with Gasteiger partial charge in [-0.15, -0.1) is 0 Å². The monoisotopic (exact) mass is 150 g/mol. The van der Waals surface area contributed by atoms with Crippen molar-refractivity contribution >= 4 is 5.97 Å². The molecule has 11 heavy (non-hydrogen) atoms. The lowest BCUT2D eigenvalue weighted by molar-refractivity contribution is 0.00492. The van der Waals surface area contributed by atoms with Crippen LogP contribution in [0.5, 0.6) is 5.75 Å². The van der Waals surface area contributed by atoms with E-state index >= 15 is 0 Å². The second-order valence-corrected chi connectivity index (χ2v) is 2.19. The Labute approximate surface area is 63.5 Å². The van der Waals surface area contributed by atoms with Gasteiger partial charge in [-0.25, -0.2) is 4.79 Å². The number of hydrogen-bond acceptors (Lipinski definition) is 3. The Kier molecular flexibility index (Phi) is 1.28. The summed E-state index contributed by atoms with van der Waals surface area (Å²) in [4.78, 5) is 11.0. The van der Waals surface area contributed by atoms with Crippen molar-refractivity contribution in [1.82, 2.24) is 0 Å². The third kappa shape index (κ3) is 0.941. The normalized spacial score (nSPS) is 14.7. The molecule has 0 fully saturated rings. The van der Waals surface area contributed by atoms with Crippen molar-refractivity contribution in [2.45, 2.75) is 0 Å². The van der Waals surface area contributed by atoms with Gasteiger partial charge in [0.25, 0.3) is 0 Å². The topological polar surface area (TPSA) is 35.5 Å². The van der Waals surface area contributed by atoms with Gasteiger partial charge in [0.05, 0.1) is 0 Å². The van der Waals surface area contributed by atoms with E-state index in [1.807, 2.05) is 6.07 Å². The zero-order valence-corrected chi connectivity index (χ0v) is 5.74. The van der Waals surface area contributed by atoms with Gasteiger partial charge in [0.15, 0.2) is 0 Å². The number of fused-ring (bicyclic) bond motifs is 1. The molecule has 0 amide bonds. The summed E-state index contributed by atoms with van der Waals surface area (Å²) in [5.41, 5.74) is 0.499. The van der Waals surface area contributed by atoms with Crippen LogP contribution in [0.1, 0.15) is 10.4 Å². The van der Waals surface area contributed by atoms with Crippen LogP contribution in [-0.4, -0.2) is 12.8 Å². The highest BCUT2D eigenvalue weighted by atomic mass is 16.7. The molecular weight excluding hydrogens is 144 g/mol. The molecule has 1 aliphatic heterocycles. The molecule has 0 aliphatic carbocycles. The molecule has 1 aliphatic rings. The summed E-state index contributed by atoms with van der Waals surface area (Å²) in [6.07, 6.45) is 0. The number of hydrogen-bond donors (Lipinski definition) is 0. The first-order valence-electron chi connectivity index (χ1n) is 3.27. The first-order valence-corrected chi connectivity index (χ1v) is 3.27. The second kappa shape index (κ2) is 2.27. The van der Waals surface area contributed by atoms with Crippen molar-refractivity contribution in [3.63, 3.8) is 0 Å². The molecule has 1 aromatic rings. The molecule has 2 rings (SSSR count). The third-order valence-electron chi connectivity index (χ3n) is 1.51. The number of benzene rings is 1. The summed E-state index contributed by atoms with van der Waals surface area (Å²) in [6.45, 7) is 0.0237. The number of ether oxygens (including phenoxy) is 2. The van der Waals surface area contributed by atoms with Crippen LogP contribution in [0.2, 0.25) is 0 Å². The first-order chi connectivity index (χ1) is 5.38. The number of carbonyl (C=O) groups is 1. The van der Waals surface area contributed by atoms with Crippen molar-refractivity contribution in [3.05, 3.63) is 29.8 Å². The third-order valence-corrected chi connectivity index (χ3v) is 1.51. The van der Waals surface area contributed by atoms with Crippen LogP contribution in [-0.2, 0) is 4.74 Å². The zero-order chi connectivity index (χ0) is 7.68. The van der Waals surface area contributed by atoms with E-state index in [9.17, 15) is 4.79 Å². The minimum absolute atomic E-state index is 0.0237. The van der Waals surface area contributed by atoms with Crippen molar-refractivity contribution in [1.29, 1.82) is 0 Å². The second-order valence-electron chi connectivity index (χ2n) is 2.19. The quantitative estimate of drug-likeness (QED) is 0.521. The highest BCUT2D eigenvalue weighted by molar-refractivity contribution is 5.93. The number of para-hydroxylation sites is 1. The molecular formula is C8H6O3. The summed E-state index contributed by atoms with van der Waals surface area (Å²) in [6, 6.07) is 7.01. The molecule has 0 spiro atoms. The van der Waals surface area contributed by atoms with E-state index in [0.29, 0.717) is 11.3 Å². The van der Waals surface area contributed by atoms with Crippen LogP contribution in [0.3, 0.4) is 0 Å². The van der Waals surface area contributed by atoms with E-state index in [1.165, 1.54) is 0 Å². The molecule has 0 N–H and O–H groups in total. The van der Waals surface area contributed by atoms with Crippen molar-refractivity contribution in [2.75, 3.05) is 6.79 Å². The minimum atomic E-state index is -0.313. The number of esters is 1. The maximum atomic E-state index is 11.0. The summed E-state index contributed by atoms with van der Waals surface area (Å²) >= 11 is 0. The largest absolute Gasteiger partial charge is 0.456 e. The van der Waals surface area contributed by atoms with Crippen LogP contribution in [0.15, 0.2) is 24.3 Å². The van der Waals surface area contributed by atoms with Gasteiger partial charge in [-0.1, -0.05) is 12.1 Å². The van der Waals surface area contributed by atoms with E-state index in [-0.39, 0.29) is 12.8 Å². The Hall–Kier alpha value is -1.51. The van der Waals surface area contributed by atoms with Crippen molar-refractivity contribution < 1.29 is 14.3 Å². The lowest BCUT2D eigenvalue weighted by atomic mass is 10.2. The summed E-state index contributed by atoms with van der Waals surface area (Å²) in [5, 5.41) is 0. The Balaban J connectivity index is 2.52. The van der Waals surface area contributed by atoms with Crippen molar-refractivity contribution in [2.24, 2.45) is 0 Å². The first kappa shape index (κ1) is 6.22. The number of carbonyl (C=O) groups excluding carboxylic acids is 1. The zero-order valence-electron chi connectivity index (χ0n) is 5.74. The van der Waals surface area contributed by atoms with E-state index in [1.54, 1.807) is 18.2 Å². The van der Waals surface area contributed by atoms with Crippen LogP contribution >= 0.6 is 0 Å². The fourth-order valence-corrected chi connectivity index (χ4v) is 0.985. The fourth-order valence-electron chi connectivity index (χ4n) is 0.985. The van der Waals surface area contributed by atoms with Crippen LogP contribution in [0.4, 0.5) is 0 Å². The van der Waals surface area contributed by atoms with Crippen molar-refractivity contribution in [3.8, 4) is 5.75 Å². The maximum Gasteiger partial charge on any atom is 0.344 e. The molecule has 1 heterocycles. The van der Waals surface area contributed by atoms with E-state index in [0.717, 1.165) is 0 Å². The molecule has 0 bridgehead atoms. The Morgan fingerprint density at radius 3 is 2.82 bits per heavy atom. The predicted molar refractivity (Wildman–Crippen MR) is 37.4 cm³/mol. The molecule has 1 aromatic carbocycles. The van der Waals surface area contributed by atoms with E-state index in [2.05, 4.69) is 4.74 Å². The Morgan fingerprint density at radius 2 is 2.00 bits per heavy atom. The molecule has 0 saturated heterocycles. The smallest absolute Gasteiger partial charge is 0.344 e. The van der Waals surface area contributed by atoms with Gasteiger partial charge in [0.1, 0.15) is 11.3 Å². The summed E-state index contributed by atoms with van der Waals surface area (Å²) in [7, 11) is 0. The van der Waals surface area contributed by atoms with Gasteiger partial charge in [-0.3, -0.25) is 0 Å². The molecule has 0 atom stereocenters. The number of rotatable bonds is 0. The SMILES string of the molecule is O=C1OCOc2ccccc21. The molecule has 0 saturated carbocycles. The van der Waals surface area contributed by atoms with Gasteiger partial charge in [0, 0.05) is 0 Å². The van der Waals surface area contributed by atoms with Crippen LogP contribution < -0.4 is 4.74 Å². The van der Waals surface area contributed by atoms with Gasteiger partial charge < -0.3 is 9.47 Å². The molecule has 3 heteroatoms. The standard InChI is InChI=1S/C8H6O3/c9-8-6-3-1-2-4-7(6)10-5-11-8/h1-4H,5H2. The van der Waals surface area contributed by atoms with Gasteiger partial charge >= 0.3 is 5.97 Å². The molecule has 3 nitrogen and oxygen atoms in total. The molecule has 56 valence electrons. The average Bonchev–Trinajstić information content (AvgIpc) is 2.06. The lowest BCUT2D eigenvalue weighted by Crippen LogP contribution is -2.17. The van der Waals surface area contributed by atoms with Gasteiger partial charge in [-0.05, 0) is 12.1 Å². The van der Waals surface area contributed by atoms with Crippen LogP contribution in [0.25, 0.3) is 0 Å². The predicted octanol–water partition coefficient (Wildman–Crippen LogP) is 1.19.